The van der Waals surface area contributed by atoms with Crippen molar-refractivity contribution in [2.24, 2.45) is 5.73 Å². The monoisotopic (exact) mass is 269 g/mol. The van der Waals surface area contributed by atoms with Crippen LogP contribution in [0.1, 0.15) is 5.56 Å². The molecule has 1 aromatic carbocycles. The van der Waals surface area contributed by atoms with Crippen molar-refractivity contribution in [1.29, 1.82) is 0 Å². The highest BCUT2D eigenvalue weighted by Crippen LogP contribution is 2.35. The van der Waals surface area contributed by atoms with Crippen molar-refractivity contribution in [3.63, 3.8) is 0 Å². The molecule has 0 aromatic heterocycles. The van der Waals surface area contributed by atoms with Gasteiger partial charge in [-0.25, -0.2) is 8.78 Å². The molecule has 0 aliphatic rings. The number of nitrogens with two attached hydrogens (primary N) is 1. The molecule has 0 aliphatic carbocycles. The highest BCUT2D eigenvalue weighted by atomic mass is 35.5. The second-order valence-corrected chi connectivity index (χ2v) is 4.16. The molecule has 0 saturated carbocycles. The normalized spacial score (nSPS) is 11.6. The Morgan fingerprint density at radius 2 is 2.00 bits per heavy atom. The van der Waals surface area contributed by atoms with E-state index < -0.39 is 18.9 Å². The summed E-state index contributed by atoms with van der Waals surface area (Å²) in [5.41, 5.74) is 5.21. The van der Waals surface area contributed by atoms with Gasteiger partial charge in [0.15, 0.2) is 0 Å². The number of benzene rings is 1. The third-order valence-corrected chi connectivity index (χ3v) is 2.54. The van der Waals surface area contributed by atoms with Crippen molar-refractivity contribution in [1.82, 2.24) is 0 Å². The molecule has 0 fully saturated rings. The minimum atomic E-state index is -3.00. The van der Waals surface area contributed by atoms with Gasteiger partial charge in [0.1, 0.15) is 5.75 Å². The van der Waals surface area contributed by atoms with E-state index in [4.69, 9.17) is 33.7 Å². The summed E-state index contributed by atoms with van der Waals surface area (Å²) >= 11 is 11.6. The molecule has 0 unspecified atom stereocenters. The van der Waals surface area contributed by atoms with Crippen molar-refractivity contribution in [3.8, 4) is 5.75 Å². The minimum absolute atomic E-state index is 0.206. The Balaban J connectivity index is 3.12. The first kappa shape index (κ1) is 13.5. The van der Waals surface area contributed by atoms with Gasteiger partial charge in [0.05, 0.1) is 18.7 Å². The summed E-state index contributed by atoms with van der Waals surface area (Å²) in [7, 11) is 1.36. The zero-order valence-electron chi connectivity index (χ0n) is 8.57. The van der Waals surface area contributed by atoms with Crippen LogP contribution < -0.4 is 10.5 Å². The van der Waals surface area contributed by atoms with E-state index in [1.807, 2.05) is 0 Å². The van der Waals surface area contributed by atoms with Gasteiger partial charge in [-0.2, -0.15) is 0 Å². The van der Waals surface area contributed by atoms with Gasteiger partial charge in [0.25, 0.3) is 5.92 Å². The first-order chi connectivity index (χ1) is 7.39. The average molecular weight is 270 g/mol. The van der Waals surface area contributed by atoms with E-state index in [-0.39, 0.29) is 21.4 Å². The molecule has 0 atom stereocenters. The number of hydrogen-bond donors (Lipinski definition) is 1. The predicted molar refractivity (Wildman–Crippen MR) is 60.7 cm³/mol. The number of ether oxygens (including phenoxy) is 1. The SMILES string of the molecule is COc1c(Cl)cc(Cl)cc1CC(F)(F)CN. The van der Waals surface area contributed by atoms with Crippen molar-refractivity contribution < 1.29 is 13.5 Å². The fourth-order valence-corrected chi connectivity index (χ4v) is 1.94. The first-order valence-corrected chi connectivity index (χ1v) is 5.25. The third-order valence-electron chi connectivity index (χ3n) is 2.04. The van der Waals surface area contributed by atoms with Gasteiger partial charge in [-0.05, 0) is 12.1 Å². The highest BCUT2D eigenvalue weighted by molar-refractivity contribution is 6.35. The summed E-state index contributed by atoms with van der Waals surface area (Å²) in [6.45, 7) is -0.736. The highest BCUT2D eigenvalue weighted by Gasteiger charge is 2.29. The van der Waals surface area contributed by atoms with E-state index in [1.165, 1.54) is 19.2 Å². The summed E-state index contributed by atoms with van der Waals surface area (Å²) in [5, 5.41) is 0.492. The Labute approximate surface area is 102 Å². The third kappa shape index (κ3) is 3.20. The quantitative estimate of drug-likeness (QED) is 0.912. The van der Waals surface area contributed by atoms with Crippen LogP contribution in [0.3, 0.4) is 0 Å². The number of alkyl halides is 2. The summed E-state index contributed by atoms with van der Waals surface area (Å²) in [6, 6.07) is 2.84. The van der Waals surface area contributed by atoms with Crippen LogP contribution in [-0.4, -0.2) is 19.6 Å². The summed E-state index contributed by atoms with van der Waals surface area (Å²) in [4.78, 5) is 0. The molecule has 0 spiro atoms. The van der Waals surface area contributed by atoms with Crippen LogP contribution in [-0.2, 0) is 6.42 Å². The molecule has 0 heterocycles. The number of hydrogen-bond acceptors (Lipinski definition) is 2. The molecule has 2 nitrogen and oxygen atoms in total. The van der Waals surface area contributed by atoms with Crippen molar-refractivity contribution >= 4 is 23.2 Å². The van der Waals surface area contributed by atoms with Crippen LogP contribution in [0.2, 0.25) is 10.0 Å². The first-order valence-electron chi connectivity index (χ1n) is 4.49. The van der Waals surface area contributed by atoms with Gasteiger partial charge in [0, 0.05) is 17.0 Å². The molecule has 0 saturated heterocycles. The number of halogens is 4. The van der Waals surface area contributed by atoms with Crippen LogP contribution in [0.15, 0.2) is 12.1 Å². The topological polar surface area (TPSA) is 35.2 Å². The van der Waals surface area contributed by atoms with Gasteiger partial charge in [-0.3, -0.25) is 0 Å². The van der Waals surface area contributed by atoms with Crippen molar-refractivity contribution in [3.05, 3.63) is 27.7 Å². The Kier molecular flexibility index (Phi) is 4.35. The minimum Gasteiger partial charge on any atom is -0.495 e. The number of rotatable bonds is 4. The fourth-order valence-electron chi connectivity index (χ4n) is 1.32. The van der Waals surface area contributed by atoms with Crippen LogP contribution in [0.25, 0.3) is 0 Å². The molecular formula is C10H11Cl2F2NO. The largest absolute Gasteiger partial charge is 0.495 e. The fraction of sp³-hybridized carbons (Fsp3) is 0.400. The lowest BCUT2D eigenvalue weighted by atomic mass is 10.1. The maximum absolute atomic E-state index is 13.2. The predicted octanol–water partition coefficient (Wildman–Crippen LogP) is 3.14. The van der Waals surface area contributed by atoms with Gasteiger partial charge in [-0.1, -0.05) is 23.2 Å². The molecule has 0 aliphatic heterocycles. The second kappa shape index (κ2) is 5.17. The maximum Gasteiger partial charge on any atom is 0.264 e. The van der Waals surface area contributed by atoms with Crippen LogP contribution in [0.4, 0.5) is 8.78 Å². The zero-order valence-corrected chi connectivity index (χ0v) is 10.1. The van der Waals surface area contributed by atoms with Crippen molar-refractivity contribution in [2.45, 2.75) is 12.3 Å². The van der Waals surface area contributed by atoms with Gasteiger partial charge >= 0.3 is 0 Å². The van der Waals surface area contributed by atoms with E-state index in [1.54, 1.807) is 0 Å². The van der Waals surface area contributed by atoms with E-state index in [2.05, 4.69) is 0 Å². The van der Waals surface area contributed by atoms with Crippen molar-refractivity contribution in [2.75, 3.05) is 13.7 Å². The molecule has 90 valence electrons. The molecular weight excluding hydrogens is 259 g/mol. The van der Waals surface area contributed by atoms with Gasteiger partial charge in [-0.15, -0.1) is 0 Å². The average Bonchev–Trinajstić information content (AvgIpc) is 2.16. The standard InChI is InChI=1S/C10H11Cl2F2NO/c1-16-9-6(4-10(13,14)5-15)2-7(11)3-8(9)12/h2-3H,4-5,15H2,1H3. The molecule has 0 radical (unpaired) electrons. The molecule has 0 amide bonds. The van der Waals surface area contributed by atoms with Crippen LogP contribution >= 0.6 is 23.2 Å². The maximum atomic E-state index is 13.2. The molecule has 16 heavy (non-hydrogen) atoms. The van der Waals surface area contributed by atoms with E-state index >= 15 is 0 Å². The van der Waals surface area contributed by atoms with E-state index in [9.17, 15) is 8.78 Å². The molecule has 1 rings (SSSR count). The van der Waals surface area contributed by atoms with E-state index in [0.29, 0.717) is 0 Å². The Hall–Kier alpha value is -0.580. The summed E-state index contributed by atoms with van der Waals surface area (Å²) in [6.07, 6.45) is -0.549. The van der Waals surface area contributed by atoms with Gasteiger partial charge in [0.2, 0.25) is 0 Å². The van der Waals surface area contributed by atoms with Crippen LogP contribution in [0, 0.1) is 0 Å². The summed E-state index contributed by atoms with van der Waals surface area (Å²) in [5.74, 6) is -2.79. The zero-order chi connectivity index (χ0) is 12.3. The lowest BCUT2D eigenvalue weighted by Gasteiger charge is -2.17. The van der Waals surface area contributed by atoms with Gasteiger partial charge < -0.3 is 10.5 Å². The molecule has 2 N–H and O–H groups in total. The lowest BCUT2D eigenvalue weighted by molar-refractivity contribution is 0.0110. The molecule has 6 heteroatoms. The molecule has 0 bridgehead atoms. The Morgan fingerprint density at radius 1 is 1.38 bits per heavy atom. The second-order valence-electron chi connectivity index (χ2n) is 3.32. The Bertz CT molecular complexity index is 385. The molecule has 1 aromatic rings. The lowest BCUT2D eigenvalue weighted by Crippen LogP contribution is -2.30. The van der Waals surface area contributed by atoms with E-state index in [0.717, 1.165) is 0 Å². The smallest absolute Gasteiger partial charge is 0.264 e. The Morgan fingerprint density at radius 3 is 2.50 bits per heavy atom. The van der Waals surface area contributed by atoms with Crippen LogP contribution in [0.5, 0.6) is 5.75 Å². The number of methoxy groups -OCH3 is 1. The summed E-state index contributed by atoms with van der Waals surface area (Å²) < 4.78 is 31.3.